The number of fused-ring (bicyclic) bond motifs is 1. The second-order valence-corrected chi connectivity index (χ2v) is 6.94. The number of ether oxygens (including phenoxy) is 2. The maximum Gasteiger partial charge on any atom is 0.290 e. The van der Waals surface area contributed by atoms with Crippen LogP contribution in [0.4, 0.5) is 4.79 Å². The molecule has 144 valence electrons. The lowest BCUT2D eigenvalue weighted by atomic mass is 10.1. The zero-order chi connectivity index (χ0) is 20.4. The van der Waals surface area contributed by atoms with Crippen LogP contribution in [0.2, 0.25) is 0 Å². The molecule has 1 aliphatic rings. The van der Waals surface area contributed by atoms with E-state index >= 15 is 0 Å². The highest BCUT2D eigenvalue weighted by atomic mass is 32.2. The summed E-state index contributed by atoms with van der Waals surface area (Å²) in [6.07, 6.45) is 4.78. The van der Waals surface area contributed by atoms with Gasteiger partial charge in [-0.2, -0.15) is 0 Å². The summed E-state index contributed by atoms with van der Waals surface area (Å²) in [7, 11) is 3.14. The van der Waals surface area contributed by atoms with Gasteiger partial charge in [0.15, 0.2) is 17.1 Å². The number of methoxy groups -OCH3 is 2. The highest BCUT2D eigenvalue weighted by Gasteiger charge is 2.25. The molecular formula is C21H14N2O5S. The van der Waals surface area contributed by atoms with Crippen LogP contribution >= 0.6 is 11.8 Å². The Balaban J connectivity index is 1.69. The molecular weight excluding hydrogens is 392 g/mol. The standard InChI is InChI=1S/C21H14N2O5S/c1-26-16-6-4-12(7-17(16)27-2)3-5-13-10-22-11-14-8-15(28-19(13)14)9-18-20(24)23-21(25)29-18/h4,6-11H,1-2H3,(H,23,24,25). The van der Waals surface area contributed by atoms with Gasteiger partial charge in [0, 0.05) is 29.4 Å². The molecule has 3 heterocycles. The molecule has 1 aliphatic heterocycles. The summed E-state index contributed by atoms with van der Waals surface area (Å²) in [6, 6.07) is 7.13. The molecule has 0 saturated carbocycles. The average molecular weight is 406 g/mol. The van der Waals surface area contributed by atoms with Crippen LogP contribution in [0.5, 0.6) is 11.5 Å². The van der Waals surface area contributed by atoms with E-state index in [-0.39, 0.29) is 4.91 Å². The number of rotatable bonds is 3. The van der Waals surface area contributed by atoms with Crippen molar-refractivity contribution in [1.82, 2.24) is 10.3 Å². The minimum absolute atomic E-state index is 0.278. The third-order valence-electron chi connectivity index (χ3n) is 4.08. The first-order chi connectivity index (χ1) is 14.1. The van der Waals surface area contributed by atoms with E-state index in [1.54, 1.807) is 44.8 Å². The van der Waals surface area contributed by atoms with Crippen molar-refractivity contribution in [3.05, 3.63) is 58.5 Å². The Labute approximate surface area is 170 Å². The monoisotopic (exact) mass is 406 g/mol. The summed E-state index contributed by atoms with van der Waals surface area (Å²) in [5.74, 6) is 7.33. The highest BCUT2D eigenvalue weighted by Crippen LogP contribution is 2.29. The van der Waals surface area contributed by atoms with Gasteiger partial charge in [-0.1, -0.05) is 11.8 Å². The van der Waals surface area contributed by atoms with Crippen LogP contribution in [-0.4, -0.2) is 30.3 Å². The minimum atomic E-state index is -0.438. The Bertz CT molecular complexity index is 1230. The molecule has 3 aromatic rings. The molecule has 4 rings (SSSR count). The van der Waals surface area contributed by atoms with Crippen LogP contribution < -0.4 is 14.8 Å². The number of carbonyl (C=O) groups is 2. The second-order valence-electron chi connectivity index (χ2n) is 5.93. The molecule has 0 bridgehead atoms. The molecule has 7 nitrogen and oxygen atoms in total. The van der Waals surface area contributed by atoms with Crippen LogP contribution in [0, 0.1) is 11.8 Å². The van der Waals surface area contributed by atoms with Crippen molar-refractivity contribution in [2.45, 2.75) is 0 Å². The summed E-state index contributed by atoms with van der Waals surface area (Å²) < 4.78 is 16.4. The number of benzene rings is 1. The number of carbonyl (C=O) groups excluding carboxylic acids is 2. The maximum absolute atomic E-state index is 11.7. The SMILES string of the molecule is COc1ccc(C#Cc2cncc3cc(C=C4SC(=O)NC4=O)oc23)cc1OC. The van der Waals surface area contributed by atoms with E-state index in [1.807, 2.05) is 6.07 Å². The quantitative estimate of drug-likeness (QED) is 0.525. The molecule has 0 unspecified atom stereocenters. The van der Waals surface area contributed by atoms with Gasteiger partial charge in [-0.3, -0.25) is 19.9 Å². The zero-order valence-corrected chi connectivity index (χ0v) is 16.3. The summed E-state index contributed by atoms with van der Waals surface area (Å²) in [5.41, 5.74) is 1.89. The van der Waals surface area contributed by atoms with Crippen molar-refractivity contribution >= 4 is 40.0 Å². The molecule has 2 amide bonds. The summed E-state index contributed by atoms with van der Waals surface area (Å²) in [6.45, 7) is 0. The predicted molar refractivity (Wildman–Crippen MR) is 109 cm³/mol. The minimum Gasteiger partial charge on any atom is -0.493 e. The summed E-state index contributed by atoms with van der Waals surface area (Å²) in [4.78, 5) is 27.5. The van der Waals surface area contributed by atoms with E-state index in [2.05, 4.69) is 22.1 Å². The molecule has 0 radical (unpaired) electrons. The largest absolute Gasteiger partial charge is 0.493 e. The number of thioether (sulfide) groups is 1. The number of hydrogen-bond donors (Lipinski definition) is 1. The van der Waals surface area contributed by atoms with Gasteiger partial charge in [-0.25, -0.2) is 0 Å². The molecule has 0 atom stereocenters. The van der Waals surface area contributed by atoms with Gasteiger partial charge in [-0.05, 0) is 36.0 Å². The molecule has 0 aliphatic carbocycles. The Morgan fingerprint density at radius 3 is 2.66 bits per heavy atom. The first kappa shape index (κ1) is 18.7. The van der Waals surface area contributed by atoms with Gasteiger partial charge in [0.1, 0.15) is 5.76 Å². The highest BCUT2D eigenvalue weighted by molar-refractivity contribution is 8.18. The van der Waals surface area contributed by atoms with E-state index in [9.17, 15) is 9.59 Å². The predicted octanol–water partition coefficient (Wildman–Crippen LogP) is 3.57. The number of imide groups is 1. The van der Waals surface area contributed by atoms with Crippen LogP contribution in [0.15, 0.2) is 46.0 Å². The third kappa shape index (κ3) is 3.81. The first-order valence-corrected chi connectivity index (χ1v) is 9.25. The number of pyridine rings is 1. The van der Waals surface area contributed by atoms with Crippen LogP contribution in [0.25, 0.3) is 17.0 Å². The number of aromatic nitrogens is 1. The Kier molecular flexibility index (Phi) is 4.97. The molecule has 1 aromatic carbocycles. The van der Waals surface area contributed by atoms with Gasteiger partial charge in [0.05, 0.1) is 24.7 Å². The summed E-state index contributed by atoms with van der Waals surface area (Å²) >= 11 is 0.832. The van der Waals surface area contributed by atoms with Gasteiger partial charge in [-0.15, -0.1) is 0 Å². The Morgan fingerprint density at radius 2 is 1.93 bits per heavy atom. The summed E-state index contributed by atoms with van der Waals surface area (Å²) in [5, 5.41) is 2.55. The van der Waals surface area contributed by atoms with Crippen molar-refractivity contribution in [1.29, 1.82) is 0 Å². The van der Waals surface area contributed by atoms with E-state index in [4.69, 9.17) is 13.9 Å². The lowest BCUT2D eigenvalue weighted by Gasteiger charge is -2.06. The zero-order valence-electron chi connectivity index (χ0n) is 15.4. The number of furan rings is 1. The molecule has 1 saturated heterocycles. The lowest BCUT2D eigenvalue weighted by molar-refractivity contribution is -0.115. The van der Waals surface area contributed by atoms with Crippen molar-refractivity contribution in [2.75, 3.05) is 14.2 Å². The smallest absolute Gasteiger partial charge is 0.290 e. The third-order valence-corrected chi connectivity index (χ3v) is 4.89. The molecule has 8 heteroatoms. The number of nitrogens with one attached hydrogen (secondary N) is 1. The Morgan fingerprint density at radius 1 is 1.10 bits per heavy atom. The Hall–Kier alpha value is -3.70. The normalized spacial score (nSPS) is 14.6. The molecule has 1 N–H and O–H groups in total. The van der Waals surface area contributed by atoms with Crippen molar-refractivity contribution in [2.24, 2.45) is 0 Å². The molecule has 2 aromatic heterocycles. The van der Waals surface area contributed by atoms with E-state index in [0.29, 0.717) is 28.4 Å². The topological polar surface area (TPSA) is 90.7 Å². The maximum atomic E-state index is 11.7. The van der Waals surface area contributed by atoms with Crippen molar-refractivity contribution in [3.63, 3.8) is 0 Å². The van der Waals surface area contributed by atoms with Crippen LogP contribution in [0.3, 0.4) is 0 Å². The number of amides is 2. The lowest BCUT2D eigenvalue weighted by Crippen LogP contribution is -2.17. The van der Waals surface area contributed by atoms with Gasteiger partial charge in [0.25, 0.3) is 11.1 Å². The van der Waals surface area contributed by atoms with E-state index < -0.39 is 11.1 Å². The van der Waals surface area contributed by atoms with Crippen molar-refractivity contribution < 1.29 is 23.5 Å². The van der Waals surface area contributed by atoms with Crippen LogP contribution in [-0.2, 0) is 4.79 Å². The van der Waals surface area contributed by atoms with Gasteiger partial charge < -0.3 is 13.9 Å². The van der Waals surface area contributed by atoms with Crippen molar-refractivity contribution in [3.8, 4) is 23.3 Å². The van der Waals surface area contributed by atoms with Gasteiger partial charge in [0.2, 0.25) is 0 Å². The molecule has 1 fully saturated rings. The fraction of sp³-hybridized carbons (Fsp3) is 0.0952. The second kappa shape index (κ2) is 7.73. The average Bonchev–Trinajstić information content (AvgIpc) is 3.28. The number of nitrogens with zero attached hydrogens (tertiary/aromatic N) is 1. The fourth-order valence-electron chi connectivity index (χ4n) is 2.75. The number of hydrogen-bond acceptors (Lipinski definition) is 7. The van der Waals surface area contributed by atoms with Gasteiger partial charge >= 0.3 is 0 Å². The van der Waals surface area contributed by atoms with Crippen LogP contribution in [0.1, 0.15) is 16.9 Å². The first-order valence-electron chi connectivity index (χ1n) is 8.44. The van der Waals surface area contributed by atoms with E-state index in [0.717, 1.165) is 22.7 Å². The van der Waals surface area contributed by atoms with E-state index in [1.165, 1.54) is 6.08 Å². The fourth-order valence-corrected chi connectivity index (χ4v) is 3.41. The molecule has 29 heavy (non-hydrogen) atoms. The molecule has 0 spiro atoms.